The SMILES string of the molecule is COC(=O)C(C)(Cn1cnc2c1CCCC2)NC(C)C. The maximum absolute atomic E-state index is 12.1. The highest BCUT2D eigenvalue weighted by atomic mass is 16.5. The van der Waals surface area contributed by atoms with Gasteiger partial charge in [0.25, 0.3) is 0 Å². The summed E-state index contributed by atoms with van der Waals surface area (Å²) in [4.78, 5) is 16.6. The molecule has 1 aliphatic rings. The predicted octanol–water partition coefficient (Wildman–Crippen LogP) is 1.69. The summed E-state index contributed by atoms with van der Waals surface area (Å²) in [6.45, 7) is 6.52. The highest BCUT2D eigenvalue weighted by molar-refractivity contribution is 5.80. The van der Waals surface area contributed by atoms with Gasteiger partial charge in [0.15, 0.2) is 0 Å². The highest BCUT2D eigenvalue weighted by Gasteiger charge is 2.36. The molecule has 1 N–H and O–H groups in total. The number of aromatic nitrogens is 2. The Kier molecular flexibility index (Phi) is 4.48. The van der Waals surface area contributed by atoms with Gasteiger partial charge in [0.05, 0.1) is 25.7 Å². The second-order valence-electron chi connectivity index (χ2n) is 6.10. The van der Waals surface area contributed by atoms with Crippen LogP contribution >= 0.6 is 0 Å². The summed E-state index contributed by atoms with van der Waals surface area (Å²) in [5.74, 6) is -0.232. The van der Waals surface area contributed by atoms with Gasteiger partial charge in [-0.25, -0.2) is 9.78 Å². The fourth-order valence-electron chi connectivity index (χ4n) is 3.04. The van der Waals surface area contributed by atoms with Crippen LogP contribution in [0.15, 0.2) is 6.33 Å². The summed E-state index contributed by atoms with van der Waals surface area (Å²) in [7, 11) is 1.44. The standard InChI is InChI=1S/C15H25N3O2/c1-11(2)17-15(3,14(19)20-4)9-18-10-16-12-7-5-6-8-13(12)18/h10-11,17H,5-9H2,1-4H3. The quantitative estimate of drug-likeness (QED) is 0.833. The molecule has 5 heteroatoms. The maximum atomic E-state index is 12.1. The number of hydrogen-bond acceptors (Lipinski definition) is 4. The van der Waals surface area contributed by atoms with Gasteiger partial charge in [-0.2, -0.15) is 0 Å². The van der Waals surface area contributed by atoms with Crippen LogP contribution in [0.2, 0.25) is 0 Å². The van der Waals surface area contributed by atoms with Gasteiger partial charge in [-0.1, -0.05) is 0 Å². The van der Waals surface area contributed by atoms with Crippen LogP contribution in [0, 0.1) is 0 Å². The van der Waals surface area contributed by atoms with Crippen LogP contribution in [0.1, 0.15) is 45.0 Å². The molecule has 0 bridgehead atoms. The Labute approximate surface area is 120 Å². The lowest BCUT2D eigenvalue weighted by molar-refractivity contribution is -0.148. The van der Waals surface area contributed by atoms with Gasteiger partial charge < -0.3 is 9.30 Å². The molecule has 1 aromatic rings. The summed E-state index contributed by atoms with van der Waals surface area (Å²) in [5.41, 5.74) is 1.74. The van der Waals surface area contributed by atoms with Crippen molar-refractivity contribution in [3.05, 3.63) is 17.7 Å². The minimum absolute atomic E-state index is 0.207. The first-order valence-electron chi connectivity index (χ1n) is 7.35. The van der Waals surface area contributed by atoms with Gasteiger partial charge >= 0.3 is 5.97 Å². The Morgan fingerprint density at radius 1 is 1.50 bits per heavy atom. The van der Waals surface area contributed by atoms with Crippen molar-refractivity contribution in [2.45, 2.75) is 64.6 Å². The van der Waals surface area contributed by atoms with Crippen LogP contribution in [-0.2, 0) is 28.9 Å². The molecular formula is C15H25N3O2. The first kappa shape index (κ1) is 15.0. The number of fused-ring (bicyclic) bond motifs is 1. The second-order valence-corrected chi connectivity index (χ2v) is 6.10. The number of imidazole rings is 1. The minimum Gasteiger partial charge on any atom is -0.468 e. The van der Waals surface area contributed by atoms with Crippen LogP contribution in [0.3, 0.4) is 0 Å². The number of carbonyl (C=O) groups is 1. The lowest BCUT2D eigenvalue weighted by Crippen LogP contribution is -2.55. The molecule has 1 unspecified atom stereocenters. The third kappa shape index (κ3) is 3.03. The van der Waals surface area contributed by atoms with Crippen LogP contribution in [-0.4, -0.2) is 34.2 Å². The number of nitrogens with one attached hydrogen (secondary N) is 1. The van der Waals surface area contributed by atoms with Gasteiger partial charge in [-0.15, -0.1) is 0 Å². The summed E-state index contributed by atoms with van der Waals surface area (Å²) in [6.07, 6.45) is 6.37. The Morgan fingerprint density at radius 3 is 2.85 bits per heavy atom. The zero-order valence-corrected chi connectivity index (χ0v) is 12.9. The van der Waals surface area contributed by atoms with E-state index in [2.05, 4.69) is 14.9 Å². The highest BCUT2D eigenvalue weighted by Crippen LogP contribution is 2.22. The Balaban J connectivity index is 2.23. The van der Waals surface area contributed by atoms with E-state index < -0.39 is 5.54 Å². The number of rotatable bonds is 5. The monoisotopic (exact) mass is 279 g/mol. The summed E-state index contributed by atoms with van der Waals surface area (Å²) < 4.78 is 7.09. The van der Waals surface area contributed by atoms with Crippen molar-refractivity contribution in [1.82, 2.24) is 14.9 Å². The molecular weight excluding hydrogens is 254 g/mol. The van der Waals surface area contributed by atoms with Crippen molar-refractivity contribution in [3.8, 4) is 0 Å². The van der Waals surface area contributed by atoms with E-state index in [-0.39, 0.29) is 12.0 Å². The zero-order chi connectivity index (χ0) is 14.8. The van der Waals surface area contributed by atoms with Crippen molar-refractivity contribution in [3.63, 3.8) is 0 Å². The second kappa shape index (κ2) is 5.95. The first-order chi connectivity index (χ1) is 9.46. The average Bonchev–Trinajstić information content (AvgIpc) is 2.80. The lowest BCUT2D eigenvalue weighted by atomic mass is 9.98. The Morgan fingerprint density at radius 2 is 2.20 bits per heavy atom. The molecule has 0 amide bonds. The smallest absolute Gasteiger partial charge is 0.327 e. The fraction of sp³-hybridized carbons (Fsp3) is 0.733. The van der Waals surface area contributed by atoms with Crippen molar-refractivity contribution in [2.24, 2.45) is 0 Å². The molecule has 0 saturated carbocycles. The molecule has 1 heterocycles. The largest absolute Gasteiger partial charge is 0.468 e. The number of nitrogens with zero attached hydrogens (tertiary/aromatic N) is 2. The molecule has 0 aliphatic heterocycles. The van der Waals surface area contributed by atoms with E-state index in [0.717, 1.165) is 12.8 Å². The number of aryl methyl sites for hydroxylation is 1. The summed E-state index contributed by atoms with van der Waals surface area (Å²) in [6, 6.07) is 0.207. The predicted molar refractivity (Wildman–Crippen MR) is 77.6 cm³/mol. The van der Waals surface area contributed by atoms with E-state index >= 15 is 0 Å². The van der Waals surface area contributed by atoms with E-state index in [4.69, 9.17) is 4.74 Å². The van der Waals surface area contributed by atoms with E-state index in [0.29, 0.717) is 6.54 Å². The van der Waals surface area contributed by atoms with Gasteiger partial charge in [-0.05, 0) is 46.5 Å². The molecule has 0 radical (unpaired) electrons. The molecule has 1 atom stereocenters. The van der Waals surface area contributed by atoms with Crippen molar-refractivity contribution >= 4 is 5.97 Å². The first-order valence-corrected chi connectivity index (χ1v) is 7.35. The number of methoxy groups -OCH3 is 1. The molecule has 112 valence electrons. The molecule has 2 rings (SSSR count). The van der Waals surface area contributed by atoms with Crippen molar-refractivity contribution in [1.29, 1.82) is 0 Å². The molecule has 0 saturated heterocycles. The molecule has 0 fully saturated rings. The number of carbonyl (C=O) groups excluding carboxylic acids is 1. The van der Waals surface area contributed by atoms with Gasteiger partial charge in [0.2, 0.25) is 0 Å². The van der Waals surface area contributed by atoms with Crippen LogP contribution in [0.4, 0.5) is 0 Å². The van der Waals surface area contributed by atoms with Crippen LogP contribution < -0.4 is 5.32 Å². The molecule has 5 nitrogen and oxygen atoms in total. The molecule has 1 aliphatic carbocycles. The average molecular weight is 279 g/mol. The van der Waals surface area contributed by atoms with Gasteiger partial charge in [0, 0.05) is 11.7 Å². The van der Waals surface area contributed by atoms with Crippen LogP contribution in [0.25, 0.3) is 0 Å². The molecule has 20 heavy (non-hydrogen) atoms. The topological polar surface area (TPSA) is 56.2 Å². The lowest BCUT2D eigenvalue weighted by Gasteiger charge is -2.31. The normalized spacial score (nSPS) is 17.6. The number of ether oxygens (including phenoxy) is 1. The van der Waals surface area contributed by atoms with Crippen LogP contribution in [0.5, 0.6) is 0 Å². The van der Waals surface area contributed by atoms with Crippen molar-refractivity contribution in [2.75, 3.05) is 7.11 Å². The summed E-state index contributed by atoms with van der Waals surface area (Å²) >= 11 is 0. The Hall–Kier alpha value is -1.36. The summed E-state index contributed by atoms with van der Waals surface area (Å²) in [5, 5.41) is 3.33. The number of esters is 1. The molecule has 1 aromatic heterocycles. The molecule has 0 spiro atoms. The third-order valence-electron chi connectivity index (χ3n) is 3.84. The zero-order valence-electron chi connectivity index (χ0n) is 12.9. The van der Waals surface area contributed by atoms with E-state index in [1.54, 1.807) is 0 Å². The number of hydrogen-bond donors (Lipinski definition) is 1. The van der Waals surface area contributed by atoms with E-state index in [1.165, 1.54) is 31.3 Å². The molecule has 0 aromatic carbocycles. The maximum Gasteiger partial charge on any atom is 0.327 e. The fourth-order valence-corrected chi connectivity index (χ4v) is 3.04. The Bertz CT molecular complexity index is 481. The van der Waals surface area contributed by atoms with E-state index in [1.807, 2.05) is 27.1 Å². The van der Waals surface area contributed by atoms with E-state index in [9.17, 15) is 4.79 Å². The van der Waals surface area contributed by atoms with Gasteiger partial charge in [0.1, 0.15) is 5.54 Å². The van der Waals surface area contributed by atoms with Crippen molar-refractivity contribution < 1.29 is 9.53 Å². The van der Waals surface area contributed by atoms with Gasteiger partial charge in [-0.3, -0.25) is 5.32 Å². The minimum atomic E-state index is -0.727. The third-order valence-corrected chi connectivity index (χ3v) is 3.84.